The van der Waals surface area contributed by atoms with Crippen LogP contribution in [0.15, 0.2) is 0 Å². The molecule has 12 heavy (non-hydrogen) atoms. The lowest BCUT2D eigenvalue weighted by molar-refractivity contribution is 0.527. The van der Waals surface area contributed by atoms with Gasteiger partial charge in [-0.2, -0.15) is 11.8 Å². The lowest BCUT2D eigenvalue weighted by atomic mass is 10.1. The highest BCUT2D eigenvalue weighted by atomic mass is 32.2. The number of nitrogens with two attached hydrogens (primary N) is 1. The molecule has 0 aliphatic carbocycles. The summed E-state index contributed by atoms with van der Waals surface area (Å²) < 4.78 is 0. The molecule has 1 unspecified atom stereocenters. The van der Waals surface area contributed by atoms with Gasteiger partial charge < -0.3 is 11.1 Å². The molecule has 1 rings (SSSR count). The first kappa shape index (κ1) is 10.4. The summed E-state index contributed by atoms with van der Waals surface area (Å²) in [5, 5.41) is 4.20. The van der Waals surface area contributed by atoms with Gasteiger partial charge in [0.2, 0.25) is 0 Å². The molecule has 0 aromatic rings. The van der Waals surface area contributed by atoms with Gasteiger partial charge in [0.1, 0.15) is 0 Å². The van der Waals surface area contributed by atoms with E-state index in [1.54, 1.807) is 0 Å². The molecule has 2 nitrogen and oxygen atoms in total. The zero-order chi connectivity index (χ0) is 9.03. The minimum absolute atomic E-state index is 0.0118. The summed E-state index contributed by atoms with van der Waals surface area (Å²) in [4.78, 5) is 0. The molecule has 0 amide bonds. The van der Waals surface area contributed by atoms with Crippen molar-refractivity contribution in [2.75, 3.05) is 18.8 Å². The topological polar surface area (TPSA) is 38.0 Å². The van der Waals surface area contributed by atoms with Gasteiger partial charge in [-0.05, 0) is 33.2 Å². The van der Waals surface area contributed by atoms with Crippen molar-refractivity contribution in [1.29, 1.82) is 0 Å². The van der Waals surface area contributed by atoms with Gasteiger partial charge >= 0.3 is 0 Å². The normalized spacial score (nSPS) is 25.8. The van der Waals surface area contributed by atoms with Crippen molar-refractivity contribution in [3.05, 3.63) is 0 Å². The van der Waals surface area contributed by atoms with Crippen LogP contribution in [-0.2, 0) is 0 Å². The molecule has 1 aliphatic heterocycles. The molecule has 1 fully saturated rings. The van der Waals surface area contributed by atoms with Crippen molar-refractivity contribution in [3.63, 3.8) is 0 Å². The molecule has 1 heterocycles. The zero-order valence-corrected chi connectivity index (χ0v) is 8.91. The summed E-state index contributed by atoms with van der Waals surface area (Å²) in [5.41, 5.74) is 5.90. The average Bonchev–Trinajstić information content (AvgIpc) is 2.02. The number of rotatable bonds is 3. The highest BCUT2D eigenvalue weighted by Gasteiger charge is 2.17. The maximum atomic E-state index is 5.91. The molecule has 72 valence electrons. The maximum Gasteiger partial charge on any atom is 0.0188 e. The Morgan fingerprint density at radius 3 is 2.83 bits per heavy atom. The number of hydrogen-bond donors (Lipinski definition) is 2. The molecular formula is C9H20N2S. The molecule has 0 spiro atoms. The van der Waals surface area contributed by atoms with Crippen molar-refractivity contribution < 1.29 is 0 Å². The third kappa shape index (κ3) is 4.33. The predicted molar refractivity (Wildman–Crippen MR) is 56.6 cm³/mol. The SMILES string of the molecule is CC(C)(N)CSC1CCCNC1. The first-order chi connectivity index (χ1) is 5.58. The summed E-state index contributed by atoms with van der Waals surface area (Å²) in [6.07, 6.45) is 2.68. The van der Waals surface area contributed by atoms with E-state index in [9.17, 15) is 0 Å². The van der Waals surface area contributed by atoms with Crippen LogP contribution in [0.25, 0.3) is 0 Å². The van der Waals surface area contributed by atoms with Crippen molar-refractivity contribution in [2.24, 2.45) is 5.73 Å². The fourth-order valence-corrected chi connectivity index (χ4v) is 2.53. The van der Waals surface area contributed by atoms with E-state index in [2.05, 4.69) is 19.2 Å². The molecular weight excluding hydrogens is 168 g/mol. The minimum atomic E-state index is -0.0118. The zero-order valence-electron chi connectivity index (χ0n) is 8.10. The average molecular weight is 188 g/mol. The van der Waals surface area contributed by atoms with Gasteiger partial charge in [-0.3, -0.25) is 0 Å². The van der Waals surface area contributed by atoms with Crippen LogP contribution in [0.1, 0.15) is 26.7 Å². The van der Waals surface area contributed by atoms with Crippen LogP contribution >= 0.6 is 11.8 Å². The fraction of sp³-hybridized carbons (Fsp3) is 1.00. The number of piperidine rings is 1. The van der Waals surface area contributed by atoms with Crippen LogP contribution in [0.2, 0.25) is 0 Å². The number of thioether (sulfide) groups is 1. The second kappa shape index (κ2) is 4.49. The summed E-state index contributed by atoms with van der Waals surface area (Å²) in [5.74, 6) is 1.07. The summed E-state index contributed by atoms with van der Waals surface area (Å²) in [6.45, 7) is 6.55. The first-order valence-electron chi connectivity index (χ1n) is 4.69. The largest absolute Gasteiger partial charge is 0.325 e. The molecule has 3 N–H and O–H groups in total. The monoisotopic (exact) mass is 188 g/mol. The first-order valence-corrected chi connectivity index (χ1v) is 5.74. The molecule has 3 heteroatoms. The Bertz CT molecular complexity index is 125. The molecule has 1 atom stereocenters. The van der Waals surface area contributed by atoms with Crippen molar-refractivity contribution >= 4 is 11.8 Å². The third-order valence-corrected chi connectivity index (χ3v) is 3.73. The van der Waals surface area contributed by atoms with Crippen molar-refractivity contribution in [1.82, 2.24) is 5.32 Å². The standard InChI is InChI=1S/C9H20N2S/c1-9(2,10)7-12-8-4-3-5-11-6-8/h8,11H,3-7,10H2,1-2H3. The van der Waals surface area contributed by atoms with E-state index in [4.69, 9.17) is 5.73 Å². The van der Waals surface area contributed by atoms with E-state index < -0.39 is 0 Å². The second-order valence-corrected chi connectivity index (χ2v) is 5.56. The molecule has 0 aromatic heterocycles. The number of hydrogen-bond acceptors (Lipinski definition) is 3. The molecule has 0 saturated carbocycles. The number of nitrogens with one attached hydrogen (secondary N) is 1. The van der Waals surface area contributed by atoms with Crippen molar-refractivity contribution in [2.45, 2.75) is 37.5 Å². The van der Waals surface area contributed by atoms with Crippen LogP contribution in [0.3, 0.4) is 0 Å². The smallest absolute Gasteiger partial charge is 0.0188 e. The van der Waals surface area contributed by atoms with Gasteiger partial charge in [0.05, 0.1) is 0 Å². The van der Waals surface area contributed by atoms with E-state index in [-0.39, 0.29) is 5.54 Å². The van der Waals surface area contributed by atoms with E-state index in [1.165, 1.54) is 25.9 Å². The fourth-order valence-electron chi connectivity index (χ4n) is 1.29. The highest BCUT2D eigenvalue weighted by molar-refractivity contribution is 8.00. The van der Waals surface area contributed by atoms with E-state index in [0.29, 0.717) is 0 Å². The molecule has 1 aliphatic rings. The lowest BCUT2D eigenvalue weighted by Gasteiger charge is -2.26. The van der Waals surface area contributed by atoms with Crippen LogP contribution in [-0.4, -0.2) is 29.6 Å². The molecule has 0 aromatic carbocycles. The van der Waals surface area contributed by atoms with E-state index >= 15 is 0 Å². The van der Waals surface area contributed by atoms with Gasteiger partial charge in [-0.15, -0.1) is 0 Å². The molecule has 0 radical (unpaired) electrons. The van der Waals surface area contributed by atoms with Gasteiger partial charge in [-0.25, -0.2) is 0 Å². The van der Waals surface area contributed by atoms with Gasteiger partial charge in [-0.1, -0.05) is 0 Å². The van der Waals surface area contributed by atoms with Crippen LogP contribution in [0.4, 0.5) is 0 Å². The van der Waals surface area contributed by atoms with Gasteiger partial charge in [0, 0.05) is 23.1 Å². The molecule has 1 saturated heterocycles. The van der Waals surface area contributed by atoms with E-state index in [1.807, 2.05) is 11.8 Å². The summed E-state index contributed by atoms with van der Waals surface area (Å²) in [6, 6.07) is 0. The Kier molecular flexibility index (Phi) is 3.87. The van der Waals surface area contributed by atoms with Crippen molar-refractivity contribution in [3.8, 4) is 0 Å². The van der Waals surface area contributed by atoms with Crippen LogP contribution in [0.5, 0.6) is 0 Å². The predicted octanol–water partition coefficient (Wildman–Crippen LogP) is 1.21. The lowest BCUT2D eigenvalue weighted by Crippen LogP contribution is -2.38. The Labute approximate surface area is 79.7 Å². The van der Waals surface area contributed by atoms with Crippen LogP contribution in [0, 0.1) is 0 Å². The summed E-state index contributed by atoms with van der Waals surface area (Å²) in [7, 11) is 0. The highest BCUT2D eigenvalue weighted by Crippen LogP contribution is 2.21. The van der Waals surface area contributed by atoms with Crippen LogP contribution < -0.4 is 11.1 Å². The Morgan fingerprint density at radius 1 is 1.58 bits per heavy atom. The maximum absolute atomic E-state index is 5.91. The minimum Gasteiger partial charge on any atom is -0.325 e. The Morgan fingerprint density at radius 2 is 2.33 bits per heavy atom. The third-order valence-electron chi connectivity index (χ3n) is 1.94. The van der Waals surface area contributed by atoms with Gasteiger partial charge in [0.25, 0.3) is 0 Å². The van der Waals surface area contributed by atoms with Gasteiger partial charge in [0.15, 0.2) is 0 Å². The summed E-state index contributed by atoms with van der Waals surface area (Å²) >= 11 is 2.02. The van der Waals surface area contributed by atoms with E-state index in [0.717, 1.165) is 11.0 Å². The Hall–Kier alpha value is 0.270. The Balaban J connectivity index is 2.13. The quantitative estimate of drug-likeness (QED) is 0.699. The molecule has 0 bridgehead atoms. The second-order valence-electron chi connectivity index (χ2n) is 4.27.